The summed E-state index contributed by atoms with van der Waals surface area (Å²) in [7, 11) is 1.62. The van der Waals surface area contributed by atoms with E-state index in [-0.39, 0.29) is 6.61 Å². The molecule has 0 radical (unpaired) electrons. The van der Waals surface area contributed by atoms with Crippen molar-refractivity contribution in [3.8, 4) is 28.3 Å². The molecule has 0 amide bonds. The third-order valence-corrected chi connectivity index (χ3v) is 3.35. The molecule has 3 aromatic rings. The average Bonchev–Trinajstić information content (AvgIpc) is 2.99. The zero-order valence-corrected chi connectivity index (χ0v) is 11.6. The predicted molar refractivity (Wildman–Crippen MR) is 79.8 cm³/mol. The summed E-state index contributed by atoms with van der Waals surface area (Å²) >= 11 is 0. The molecule has 0 aliphatic carbocycles. The van der Waals surface area contributed by atoms with Gasteiger partial charge >= 0.3 is 0 Å². The predicted octanol–water partition coefficient (Wildman–Crippen LogP) is 3.51. The van der Waals surface area contributed by atoms with Gasteiger partial charge in [0.25, 0.3) is 0 Å². The van der Waals surface area contributed by atoms with Crippen molar-refractivity contribution in [3.05, 3.63) is 60.2 Å². The van der Waals surface area contributed by atoms with E-state index in [2.05, 4.69) is 5.16 Å². The van der Waals surface area contributed by atoms with Gasteiger partial charge in [-0.15, -0.1) is 0 Å². The van der Waals surface area contributed by atoms with Crippen LogP contribution in [0.25, 0.3) is 22.6 Å². The highest BCUT2D eigenvalue weighted by atomic mass is 16.5. The molecular weight excluding hydrogens is 266 g/mol. The van der Waals surface area contributed by atoms with E-state index in [1.54, 1.807) is 7.11 Å². The summed E-state index contributed by atoms with van der Waals surface area (Å²) in [6.45, 7) is -0.130. The molecule has 4 heteroatoms. The summed E-state index contributed by atoms with van der Waals surface area (Å²) in [4.78, 5) is 0. The molecule has 0 saturated heterocycles. The lowest BCUT2D eigenvalue weighted by molar-refractivity contribution is 0.281. The topological polar surface area (TPSA) is 55.5 Å². The van der Waals surface area contributed by atoms with Gasteiger partial charge in [0, 0.05) is 11.1 Å². The Labute approximate surface area is 122 Å². The van der Waals surface area contributed by atoms with Crippen LogP contribution in [-0.4, -0.2) is 17.4 Å². The fourth-order valence-corrected chi connectivity index (χ4v) is 2.25. The summed E-state index contributed by atoms with van der Waals surface area (Å²) in [5.41, 5.74) is 3.13. The fourth-order valence-electron chi connectivity index (χ4n) is 2.25. The molecule has 0 fully saturated rings. The molecule has 3 rings (SSSR count). The maximum absolute atomic E-state index is 9.69. The molecule has 0 saturated carbocycles. The highest BCUT2D eigenvalue weighted by Crippen LogP contribution is 2.32. The third-order valence-electron chi connectivity index (χ3n) is 3.35. The van der Waals surface area contributed by atoms with Crippen LogP contribution in [0.3, 0.4) is 0 Å². The molecule has 2 aromatic carbocycles. The van der Waals surface area contributed by atoms with Crippen molar-refractivity contribution >= 4 is 0 Å². The first-order valence-corrected chi connectivity index (χ1v) is 6.62. The first-order valence-electron chi connectivity index (χ1n) is 6.62. The Balaban J connectivity index is 2.05. The van der Waals surface area contributed by atoms with Crippen LogP contribution in [0.5, 0.6) is 5.75 Å². The van der Waals surface area contributed by atoms with Gasteiger partial charge in [0.1, 0.15) is 11.4 Å². The summed E-state index contributed by atoms with van der Waals surface area (Å²) in [6, 6.07) is 17.1. The Morgan fingerprint density at radius 1 is 1.00 bits per heavy atom. The minimum Gasteiger partial charge on any atom is -0.497 e. The molecule has 0 aliphatic rings. The van der Waals surface area contributed by atoms with Crippen molar-refractivity contribution in [2.45, 2.75) is 6.61 Å². The Kier molecular flexibility index (Phi) is 3.71. The van der Waals surface area contributed by atoms with Gasteiger partial charge in [-0.2, -0.15) is 0 Å². The van der Waals surface area contributed by atoms with E-state index in [1.807, 2.05) is 54.6 Å². The van der Waals surface area contributed by atoms with Gasteiger partial charge in [0.15, 0.2) is 5.76 Å². The molecular formula is C17H15NO3. The smallest absolute Gasteiger partial charge is 0.173 e. The number of hydrogen-bond acceptors (Lipinski definition) is 4. The van der Waals surface area contributed by atoms with Crippen LogP contribution >= 0.6 is 0 Å². The van der Waals surface area contributed by atoms with Gasteiger partial charge in [0.2, 0.25) is 0 Å². The van der Waals surface area contributed by atoms with E-state index < -0.39 is 0 Å². The number of aliphatic hydroxyl groups excluding tert-OH is 1. The van der Waals surface area contributed by atoms with Crippen molar-refractivity contribution in [2.75, 3.05) is 7.11 Å². The molecule has 106 valence electrons. The first kappa shape index (κ1) is 13.4. The van der Waals surface area contributed by atoms with Crippen LogP contribution in [0.2, 0.25) is 0 Å². The van der Waals surface area contributed by atoms with Crippen molar-refractivity contribution < 1.29 is 14.4 Å². The number of methoxy groups -OCH3 is 1. The molecule has 0 bridgehead atoms. The molecule has 21 heavy (non-hydrogen) atoms. The lowest BCUT2D eigenvalue weighted by atomic mass is 10.0. The Bertz CT molecular complexity index is 718. The summed E-state index contributed by atoms with van der Waals surface area (Å²) < 4.78 is 10.6. The maximum atomic E-state index is 9.69. The fraction of sp³-hybridized carbons (Fsp3) is 0.118. The lowest BCUT2D eigenvalue weighted by Crippen LogP contribution is -1.89. The maximum Gasteiger partial charge on any atom is 0.173 e. The SMILES string of the molecule is COc1ccc(-c2onc(-c3ccccc3)c2CO)cc1. The van der Waals surface area contributed by atoms with Crippen LogP contribution in [0.15, 0.2) is 59.1 Å². The van der Waals surface area contributed by atoms with E-state index in [0.717, 1.165) is 16.9 Å². The zero-order valence-electron chi connectivity index (χ0n) is 11.6. The third kappa shape index (κ3) is 2.53. The second-order valence-corrected chi connectivity index (χ2v) is 4.59. The first-order chi connectivity index (χ1) is 10.3. The molecule has 0 unspecified atom stereocenters. The van der Waals surface area contributed by atoms with E-state index in [0.29, 0.717) is 17.0 Å². The van der Waals surface area contributed by atoms with Crippen LogP contribution in [0, 0.1) is 0 Å². The molecule has 4 nitrogen and oxygen atoms in total. The standard InChI is InChI=1S/C17H15NO3/c1-20-14-9-7-13(8-10-14)17-15(11-19)16(18-21-17)12-5-3-2-4-6-12/h2-10,19H,11H2,1H3. The van der Waals surface area contributed by atoms with E-state index in [1.165, 1.54) is 0 Å². The van der Waals surface area contributed by atoms with Crippen molar-refractivity contribution in [1.82, 2.24) is 5.16 Å². The Morgan fingerprint density at radius 3 is 2.33 bits per heavy atom. The Hall–Kier alpha value is -2.59. The number of benzene rings is 2. The minimum atomic E-state index is -0.130. The number of hydrogen-bond donors (Lipinski definition) is 1. The van der Waals surface area contributed by atoms with Crippen molar-refractivity contribution in [1.29, 1.82) is 0 Å². The largest absolute Gasteiger partial charge is 0.497 e. The summed E-state index contributed by atoms with van der Waals surface area (Å²) in [5, 5.41) is 13.8. The van der Waals surface area contributed by atoms with Crippen LogP contribution in [0.4, 0.5) is 0 Å². The van der Waals surface area contributed by atoms with Gasteiger partial charge < -0.3 is 14.4 Å². The van der Waals surface area contributed by atoms with Crippen molar-refractivity contribution in [2.24, 2.45) is 0 Å². The number of nitrogens with zero attached hydrogens (tertiary/aromatic N) is 1. The second-order valence-electron chi connectivity index (χ2n) is 4.59. The molecule has 0 aliphatic heterocycles. The molecule has 0 spiro atoms. The number of rotatable bonds is 4. The molecule has 0 atom stereocenters. The number of aromatic nitrogens is 1. The zero-order chi connectivity index (χ0) is 14.7. The monoisotopic (exact) mass is 281 g/mol. The van der Waals surface area contributed by atoms with Gasteiger partial charge in [-0.3, -0.25) is 0 Å². The molecule has 1 aromatic heterocycles. The highest BCUT2D eigenvalue weighted by Gasteiger charge is 2.18. The van der Waals surface area contributed by atoms with E-state index >= 15 is 0 Å². The minimum absolute atomic E-state index is 0.130. The van der Waals surface area contributed by atoms with Crippen LogP contribution in [-0.2, 0) is 6.61 Å². The van der Waals surface area contributed by atoms with Gasteiger partial charge in [0.05, 0.1) is 19.3 Å². The second kappa shape index (κ2) is 5.81. The van der Waals surface area contributed by atoms with E-state index in [9.17, 15) is 5.11 Å². The summed E-state index contributed by atoms with van der Waals surface area (Å²) in [6.07, 6.45) is 0. The molecule has 1 heterocycles. The van der Waals surface area contributed by atoms with Crippen molar-refractivity contribution in [3.63, 3.8) is 0 Å². The highest BCUT2D eigenvalue weighted by molar-refractivity contribution is 5.72. The van der Waals surface area contributed by atoms with E-state index in [4.69, 9.17) is 9.26 Å². The number of aliphatic hydroxyl groups is 1. The average molecular weight is 281 g/mol. The van der Waals surface area contributed by atoms with Gasteiger partial charge in [-0.1, -0.05) is 35.5 Å². The quantitative estimate of drug-likeness (QED) is 0.795. The van der Waals surface area contributed by atoms with Crippen LogP contribution in [0.1, 0.15) is 5.56 Å². The Morgan fingerprint density at radius 2 is 1.71 bits per heavy atom. The van der Waals surface area contributed by atoms with Gasteiger partial charge in [-0.05, 0) is 24.3 Å². The molecule has 1 N–H and O–H groups in total. The van der Waals surface area contributed by atoms with Gasteiger partial charge in [-0.25, -0.2) is 0 Å². The lowest BCUT2D eigenvalue weighted by Gasteiger charge is -2.03. The normalized spacial score (nSPS) is 10.6. The summed E-state index contributed by atoms with van der Waals surface area (Å²) in [5.74, 6) is 1.35. The van der Waals surface area contributed by atoms with Crippen LogP contribution < -0.4 is 4.74 Å². The number of ether oxygens (including phenoxy) is 1.